The molecule has 4 saturated carbocycles. The monoisotopic (exact) mass is 494 g/mol. The molecule has 9 heteroatoms. The van der Waals surface area contributed by atoms with Gasteiger partial charge in [-0.1, -0.05) is 35.6 Å². The number of hydrogen-bond donors (Lipinski definition) is 2. The van der Waals surface area contributed by atoms with Gasteiger partial charge in [-0.2, -0.15) is 0 Å². The third kappa shape index (κ3) is 4.01. The van der Waals surface area contributed by atoms with Crippen LogP contribution in [-0.4, -0.2) is 24.5 Å². The lowest BCUT2D eigenvalue weighted by Gasteiger charge is -2.55. The second-order valence-corrected chi connectivity index (χ2v) is 12.7. The summed E-state index contributed by atoms with van der Waals surface area (Å²) in [5.41, 5.74) is 0.813. The topological polar surface area (TPSA) is 101 Å². The van der Waals surface area contributed by atoms with Crippen LogP contribution in [0, 0.1) is 17.8 Å². The molecule has 4 fully saturated rings. The number of nitrogens with one attached hydrogen (secondary N) is 2. The molecule has 7 nitrogen and oxygen atoms in total. The number of benzene rings is 2. The van der Waals surface area contributed by atoms with E-state index in [9.17, 15) is 13.2 Å². The van der Waals surface area contributed by atoms with Crippen LogP contribution in [0.1, 0.15) is 53.9 Å². The highest BCUT2D eigenvalue weighted by Crippen LogP contribution is 2.61. The standard InChI is InChI=1S/C25H26N4O3S2/c30-22(19-5-4-6-20(12-19)29-34(31,32)21-7-2-1-3-8-21)26-24-28-27-23(33-24)25-13-16-9-17(14-25)11-18(10-16)15-25/h1-8,12,16-18,29H,9-11,13-15H2,(H,26,28,30). The molecule has 4 bridgehead atoms. The maximum absolute atomic E-state index is 12.9. The van der Waals surface area contributed by atoms with Crippen molar-refractivity contribution >= 4 is 38.1 Å². The normalized spacial score (nSPS) is 27.5. The molecule has 2 aromatic carbocycles. The van der Waals surface area contributed by atoms with Crippen molar-refractivity contribution in [1.82, 2.24) is 10.2 Å². The molecule has 2 N–H and O–H groups in total. The van der Waals surface area contributed by atoms with Gasteiger partial charge in [0.25, 0.3) is 15.9 Å². The van der Waals surface area contributed by atoms with Crippen LogP contribution in [0.2, 0.25) is 0 Å². The fraction of sp³-hybridized carbons (Fsp3) is 0.400. The molecule has 34 heavy (non-hydrogen) atoms. The summed E-state index contributed by atoms with van der Waals surface area (Å²) in [6, 6.07) is 14.6. The summed E-state index contributed by atoms with van der Waals surface area (Å²) in [6.07, 6.45) is 7.70. The number of hydrogen-bond acceptors (Lipinski definition) is 6. The predicted octanol–water partition coefficient (Wildman–Crippen LogP) is 5.06. The van der Waals surface area contributed by atoms with Crippen molar-refractivity contribution in [1.29, 1.82) is 0 Å². The average molecular weight is 495 g/mol. The van der Waals surface area contributed by atoms with E-state index >= 15 is 0 Å². The molecule has 4 aliphatic rings. The van der Waals surface area contributed by atoms with Gasteiger partial charge in [-0.05, 0) is 86.6 Å². The van der Waals surface area contributed by atoms with Crippen molar-refractivity contribution in [2.24, 2.45) is 17.8 Å². The number of anilines is 2. The minimum atomic E-state index is -3.74. The third-order valence-electron chi connectivity index (χ3n) is 7.57. The van der Waals surface area contributed by atoms with Gasteiger partial charge < -0.3 is 0 Å². The Morgan fingerprint density at radius 3 is 2.26 bits per heavy atom. The van der Waals surface area contributed by atoms with Crippen LogP contribution in [0.3, 0.4) is 0 Å². The van der Waals surface area contributed by atoms with E-state index in [2.05, 4.69) is 20.2 Å². The van der Waals surface area contributed by atoms with Gasteiger partial charge in [0.2, 0.25) is 5.13 Å². The number of rotatable bonds is 6. The van der Waals surface area contributed by atoms with E-state index in [1.807, 2.05) is 0 Å². The van der Waals surface area contributed by atoms with E-state index in [-0.39, 0.29) is 16.2 Å². The molecular formula is C25H26N4O3S2. The first-order chi connectivity index (χ1) is 16.4. The Bertz CT molecular complexity index is 1300. The lowest BCUT2D eigenvalue weighted by Crippen LogP contribution is -2.48. The summed E-state index contributed by atoms with van der Waals surface area (Å²) in [4.78, 5) is 13.1. The molecule has 3 aromatic rings. The molecule has 0 radical (unpaired) electrons. The van der Waals surface area contributed by atoms with E-state index in [1.54, 1.807) is 36.4 Å². The lowest BCUT2D eigenvalue weighted by molar-refractivity contribution is -0.00555. The Balaban J connectivity index is 1.17. The van der Waals surface area contributed by atoms with Gasteiger partial charge in [0.15, 0.2) is 0 Å². The second kappa shape index (κ2) is 8.16. The van der Waals surface area contributed by atoms with Crippen LogP contribution in [0.15, 0.2) is 59.5 Å². The quantitative estimate of drug-likeness (QED) is 0.499. The van der Waals surface area contributed by atoms with E-state index < -0.39 is 10.0 Å². The van der Waals surface area contributed by atoms with Crippen molar-refractivity contribution in [3.63, 3.8) is 0 Å². The van der Waals surface area contributed by atoms with Gasteiger partial charge in [-0.15, -0.1) is 10.2 Å². The third-order valence-corrected chi connectivity index (χ3v) is 10.1. The largest absolute Gasteiger partial charge is 0.296 e. The fourth-order valence-corrected chi connectivity index (χ4v) is 8.59. The molecule has 0 saturated heterocycles. The zero-order valence-corrected chi connectivity index (χ0v) is 20.2. The van der Waals surface area contributed by atoms with Crippen LogP contribution in [0.25, 0.3) is 0 Å². The molecule has 7 rings (SSSR count). The van der Waals surface area contributed by atoms with E-state index in [0.717, 1.165) is 22.8 Å². The van der Waals surface area contributed by atoms with E-state index in [1.165, 1.54) is 68.1 Å². The highest BCUT2D eigenvalue weighted by atomic mass is 32.2. The second-order valence-electron chi connectivity index (χ2n) is 10.1. The van der Waals surface area contributed by atoms with Crippen LogP contribution in [0.4, 0.5) is 10.8 Å². The molecule has 0 atom stereocenters. The molecule has 0 spiro atoms. The highest BCUT2D eigenvalue weighted by Gasteiger charge is 2.53. The van der Waals surface area contributed by atoms with Crippen LogP contribution in [-0.2, 0) is 15.4 Å². The highest BCUT2D eigenvalue weighted by molar-refractivity contribution is 7.92. The zero-order chi connectivity index (χ0) is 23.3. The average Bonchev–Trinajstić information content (AvgIpc) is 3.28. The predicted molar refractivity (Wildman–Crippen MR) is 131 cm³/mol. The molecule has 4 aliphatic carbocycles. The number of amides is 1. The summed E-state index contributed by atoms with van der Waals surface area (Å²) in [6.45, 7) is 0. The Hall–Kier alpha value is -2.78. The van der Waals surface area contributed by atoms with Crippen LogP contribution >= 0.6 is 11.3 Å². The first kappa shape index (κ1) is 21.7. The molecule has 0 aliphatic heterocycles. The molecule has 176 valence electrons. The van der Waals surface area contributed by atoms with E-state index in [0.29, 0.717) is 16.4 Å². The Kier molecular flexibility index (Phi) is 5.22. The first-order valence-corrected chi connectivity index (χ1v) is 14.0. The van der Waals surface area contributed by atoms with E-state index in [4.69, 9.17) is 0 Å². The number of aromatic nitrogens is 2. The summed E-state index contributed by atoms with van der Waals surface area (Å²) in [7, 11) is -3.74. The summed E-state index contributed by atoms with van der Waals surface area (Å²) < 4.78 is 27.8. The number of nitrogens with zero attached hydrogens (tertiary/aromatic N) is 2. The van der Waals surface area contributed by atoms with Gasteiger partial charge in [0, 0.05) is 16.7 Å². The van der Waals surface area contributed by atoms with Crippen LogP contribution in [0.5, 0.6) is 0 Å². The smallest absolute Gasteiger partial charge is 0.261 e. The summed E-state index contributed by atoms with van der Waals surface area (Å²) >= 11 is 1.49. The SMILES string of the molecule is O=C(Nc1nnc(C23CC4CC(CC(C4)C2)C3)s1)c1cccc(NS(=O)(=O)c2ccccc2)c1. The van der Waals surface area contributed by atoms with Gasteiger partial charge in [0.1, 0.15) is 5.01 Å². The van der Waals surface area contributed by atoms with Gasteiger partial charge in [-0.25, -0.2) is 8.42 Å². The lowest BCUT2D eigenvalue weighted by atomic mass is 9.50. The molecule has 1 amide bonds. The first-order valence-electron chi connectivity index (χ1n) is 11.7. The Morgan fingerprint density at radius 2 is 1.59 bits per heavy atom. The minimum absolute atomic E-state index is 0.144. The molecular weight excluding hydrogens is 468 g/mol. The fourth-order valence-electron chi connectivity index (χ4n) is 6.57. The van der Waals surface area contributed by atoms with Gasteiger partial charge >= 0.3 is 0 Å². The van der Waals surface area contributed by atoms with Crippen molar-refractivity contribution in [3.05, 3.63) is 65.2 Å². The van der Waals surface area contributed by atoms with Crippen LogP contribution < -0.4 is 10.0 Å². The molecule has 1 aromatic heterocycles. The van der Waals surface area contributed by atoms with Crippen molar-refractivity contribution < 1.29 is 13.2 Å². The maximum atomic E-state index is 12.9. The summed E-state index contributed by atoms with van der Waals surface area (Å²) in [5.74, 6) is 2.11. The number of sulfonamides is 1. The number of carbonyl (C=O) groups excluding carboxylic acids is 1. The van der Waals surface area contributed by atoms with Crippen molar-refractivity contribution in [2.75, 3.05) is 10.0 Å². The number of carbonyl (C=O) groups is 1. The minimum Gasteiger partial charge on any atom is -0.296 e. The maximum Gasteiger partial charge on any atom is 0.261 e. The molecule has 0 unspecified atom stereocenters. The van der Waals surface area contributed by atoms with Crippen molar-refractivity contribution in [3.8, 4) is 0 Å². The Labute approximate surface area is 203 Å². The zero-order valence-electron chi connectivity index (χ0n) is 18.6. The van der Waals surface area contributed by atoms with Gasteiger partial charge in [0.05, 0.1) is 4.90 Å². The molecule has 1 heterocycles. The Morgan fingerprint density at radius 1 is 0.912 bits per heavy atom. The van der Waals surface area contributed by atoms with Gasteiger partial charge in [-0.3, -0.25) is 14.8 Å². The van der Waals surface area contributed by atoms with Crippen molar-refractivity contribution in [2.45, 2.75) is 48.8 Å². The summed E-state index contributed by atoms with van der Waals surface area (Å²) in [5, 5.41) is 13.2.